The van der Waals surface area contributed by atoms with Crippen molar-refractivity contribution < 1.29 is 19.0 Å². The van der Waals surface area contributed by atoms with Gasteiger partial charge in [-0.2, -0.15) is 0 Å². The van der Waals surface area contributed by atoms with Crippen LogP contribution in [0.15, 0.2) is 22.7 Å². The third-order valence-electron chi connectivity index (χ3n) is 2.50. The smallest absolute Gasteiger partial charge is 0.127 e. The minimum atomic E-state index is -0.594. The summed E-state index contributed by atoms with van der Waals surface area (Å²) in [4.78, 5) is 0. The fraction of sp³-hybridized carbons (Fsp3) is 0.538. The van der Waals surface area contributed by atoms with E-state index in [1.807, 2.05) is 0 Å². The number of aliphatic hydroxyl groups is 1. The Kier molecular flexibility index (Phi) is 7.42. The van der Waals surface area contributed by atoms with Crippen molar-refractivity contribution in [3.63, 3.8) is 0 Å². The van der Waals surface area contributed by atoms with Gasteiger partial charge in [0.15, 0.2) is 0 Å². The SMILES string of the molecule is COCCOCCC(O)Cc1ccc(Br)cc1F. The zero-order chi connectivity index (χ0) is 13.4. The van der Waals surface area contributed by atoms with Gasteiger partial charge >= 0.3 is 0 Å². The van der Waals surface area contributed by atoms with Crippen LogP contribution >= 0.6 is 15.9 Å². The van der Waals surface area contributed by atoms with E-state index in [1.54, 1.807) is 19.2 Å². The van der Waals surface area contributed by atoms with E-state index in [1.165, 1.54) is 6.07 Å². The van der Waals surface area contributed by atoms with Gasteiger partial charge in [0.1, 0.15) is 5.82 Å². The molecule has 102 valence electrons. The van der Waals surface area contributed by atoms with Gasteiger partial charge < -0.3 is 14.6 Å². The molecule has 0 bridgehead atoms. The zero-order valence-electron chi connectivity index (χ0n) is 10.4. The Morgan fingerprint density at radius 3 is 2.78 bits per heavy atom. The highest BCUT2D eigenvalue weighted by Gasteiger charge is 2.09. The van der Waals surface area contributed by atoms with Gasteiger partial charge in [-0.25, -0.2) is 4.39 Å². The molecule has 1 rings (SSSR count). The van der Waals surface area contributed by atoms with E-state index >= 15 is 0 Å². The van der Waals surface area contributed by atoms with Gasteiger partial charge in [-0.05, 0) is 24.1 Å². The van der Waals surface area contributed by atoms with Crippen LogP contribution in [0.5, 0.6) is 0 Å². The van der Waals surface area contributed by atoms with E-state index in [9.17, 15) is 9.50 Å². The predicted molar refractivity (Wildman–Crippen MR) is 71.1 cm³/mol. The standard InChI is InChI=1S/C13H18BrFO3/c1-17-6-7-18-5-4-12(16)8-10-2-3-11(14)9-13(10)15/h2-3,9,12,16H,4-8H2,1H3. The fourth-order valence-electron chi connectivity index (χ4n) is 1.51. The van der Waals surface area contributed by atoms with Gasteiger partial charge in [-0.1, -0.05) is 22.0 Å². The molecule has 0 aromatic heterocycles. The molecule has 1 unspecified atom stereocenters. The molecule has 0 heterocycles. The van der Waals surface area contributed by atoms with Crippen molar-refractivity contribution in [1.29, 1.82) is 0 Å². The summed E-state index contributed by atoms with van der Waals surface area (Å²) < 4.78 is 24.3. The van der Waals surface area contributed by atoms with Crippen molar-refractivity contribution >= 4 is 15.9 Å². The maximum Gasteiger partial charge on any atom is 0.127 e. The van der Waals surface area contributed by atoms with Gasteiger partial charge in [0, 0.05) is 24.6 Å². The summed E-state index contributed by atoms with van der Waals surface area (Å²) in [5.74, 6) is -0.302. The first-order chi connectivity index (χ1) is 8.63. The quantitative estimate of drug-likeness (QED) is 0.748. The lowest BCUT2D eigenvalue weighted by Crippen LogP contribution is -2.15. The van der Waals surface area contributed by atoms with Gasteiger partial charge in [0.25, 0.3) is 0 Å². The van der Waals surface area contributed by atoms with Crippen LogP contribution in [0.1, 0.15) is 12.0 Å². The molecule has 1 N–H and O–H groups in total. The molecule has 0 amide bonds. The Morgan fingerprint density at radius 2 is 2.11 bits per heavy atom. The van der Waals surface area contributed by atoms with E-state index in [2.05, 4.69) is 15.9 Å². The predicted octanol–water partition coefficient (Wildman–Crippen LogP) is 2.54. The molecule has 1 aromatic carbocycles. The highest BCUT2D eigenvalue weighted by molar-refractivity contribution is 9.10. The summed E-state index contributed by atoms with van der Waals surface area (Å²) in [6, 6.07) is 4.84. The first kappa shape index (κ1) is 15.6. The van der Waals surface area contributed by atoms with Crippen molar-refractivity contribution in [3.8, 4) is 0 Å². The largest absolute Gasteiger partial charge is 0.393 e. The summed E-state index contributed by atoms with van der Waals surface area (Å²) in [5.41, 5.74) is 0.516. The Labute approximate surface area is 115 Å². The monoisotopic (exact) mass is 320 g/mol. The molecule has 1 atom stereocenters. The molecule has 0 saturated carbocycles. The number of rotatable bonds is 8. The van der Waals surface area contributed by atoms with Crippen molar-refractivity contribution in [1.82, 2.24) is 0 Å². The van der Waals surface area contributed by atoms with Crippen molar-refractivity contribution in [2.75, 3.05) is 26.9 Å². The Morgan fingerprint density at radius 1 is 1.33 bits per heavy atom. The minimum Gasteiger partial charge on any atom is -0.393 e. The lowest BCUT2D eigenvalue weighted by atomic mass is 10.1. The van der Waals surface area contributed by atoms with Gasteiger partial charge in [-0.15, -0.1) is 0 Å². The molecule has 0 saturated heterocycles. The van der Waals surface area contributed by atoms with Crippen LogP contribution in [-0.2, 0) is 15.9 Å². The van der Waals surface area contributed by atoms with Crippen LogP contribution < -0.4 is 0 Å². The second kappa shape index (κ2) is 8.58. The summed E-state index contributed by atoms with van der Waals surface area (Å²) in [6.07, 6.45) is 0.189. The van der Waals surface area contributed by atoms with Crippen LogP contribution in [0, 0.1) is 5.82 Å². The number of methoxy groups -OCH3 is 1. The number of ether oxygens (including phenoxy) is 2. The van der Waals surface area contributed by atoms with Crippen molar-refractivity contribution in [2.45, 2.75) is 18.9 Å². The average molecular weight is 321 g/mol. The number of halogens is 2. The first-order valence-electron chi connectivity index (χ1n) is 5.82. The van der Waals surface area contributed by atoms with Gasteiger partial charge in [-0.3, -0.25) is 0 Å². The molecular weight excluding hydrogens is 303 g/mol. The topological polar surface area (TPSA) is 38.7 Å². The molecule has 18 heavy (non-hydrogen) atoms. The Hall–Kier alpha value is -0.490. The van der Waals surface area contributed by atoms with E-state index in [0.717, 1.165) is 0 Å². The molecular formula is C13H18BrFO3. The van der Waals surface area contributed by atoms with Crippen LogP contribution in [0.4, 0.5) is 4.39 Å². The number of hydrogen-bond donors (Lipinski definition) is 1. The molecule has 0 fully saturated rings. The lowest BCUT2D eigenvalue weighted by molar-refractivity contribution is 0.0477. The number of benzene rings is 1. The van der Waals surface area contributed by atoms with E-state index in [0.29, 0.717) is 42.7 Å². The maximum atomic E-state index is 13.5. The van der Waals surface area contributed by atoms with E-state index in [-0.39, 0.29) is 5.82 Å². The third-order valence-corrected chi connectivity index (χ3v) is 2.99. The second-order valence-corrected chi connectivity index (χ2v) is 4.90. The molecule has 0 radical (unpaired) electrons. The molecule has 1 aromatic rings. The molecule has 0 spiro atoms. The van der Waals surface area contributed by atoms with Crippen molar-refractivity contribution in [2.24, 2.45) is 0 Å². The molecule has 5 heteroatoms. The van der Waals surface area contributed by atoms with Gasteiger partial charge in [0.2, 0.25) is 0 Å². The number of hydrogen-bond acceptors (Lipinski definition) is 3. The summed E-state index contributed by atoms with van der Waals surface area (Å²) in [5, 5.41) is 9.76. The Balaban J connectivity index is 2.28. The number of aliphatic hydroxyl groups excluding tert-OH is 1. The maximum absolute atomic E-state index is 13.5. The highest BCUT2D eigenvalue weighted by atomic mass is 79.9. The van der Waals surface area contributed by atoms with Crippen LogP contribution in [0.25, 0.3) is 0 Å². The van der Waals surface area contributed by atoms with Gasteiger partial charge in [0.05, 0.1) is 19.3 Å². The third kappa shape index (κ3) is 5.91. The highest BCUT2D eigenvalue weighted by Crippen LogP contribution is 2.17. The second-order valence-electron chi connectivity index (χ2n) is 3.99. The fourth-order valence-corrected chi connectivity index (χ4v) is 1.84. The molecule has 0 aliphatic heterocycles. The van der Waals surface area contributed by atoms with E-state index < -0.39 is 6.10 Å². The summed E-state index contributed by atoms with van der Waals surface area (Å²) in [6.45, 7) is 1.50. The average Bonchev–Trinajstić information content (AvgIpc) is 2.32. The first-order valence-corrected chi connectivity index (χ1v) is 6.61. The molecule has 0 aliphatic carbocycles. The van der Waals surface area contributed by atoms with Crippen LogP contribution in [0.2, 0.25) is 0 Å². The van der Waals surface area contributed by atoms with Crippen LogP contribution in [-0.4, -0.2) is 38.1 Å². The molecule has 0 aliphatic rings. The minimum absolute atomic E-state index is 0.298. The molecule has 3 nitrogen and oxygen atoms in total. The normalized spacial score (nSPS) is 12.7. The van der Waals surface area contributed by atoms with Crippen molar-refractivity contribution in [3.05, 3.63) is 34.1 Å². The van der Waals surface area contributed by atoms with Crippen LogP contribution in [0.3, 0.4) is 0 Å². The summed E-state index contributed by atoms with van der Waals surface area (Å²) >= 11 is 3.19. The van der Waals surface area contributed by atoms with E-state index in [4.69, 9.17) is 9.47 Å². The summed E-state index contributed by atoms with van der Waals surface area (Å²) in [7, 11) is 1.61. The zero-order valence-corrected chi connectivity index (χ0v) is 12.0. The lowest BCUT2D eigenvalue weighted by Gasteiger charge is -2.11. The Bertz CT molecular complexity index is 360.